The number of furan rings is 1. The van der Waals surface area contributed by atoms with Crippen LogP contribution in [0.1, 0.15) is 34.2 Å². The lowest BCUT2D eigenvalue weighted by atomic mass is 10.1. The Morgan fingerprint density at radius 2 is 1.92 bits per heavy atom. The molecule has 5 nitrogen and oxygen atoms in total. The minimum absolute atomic E-state index is 0.0268. The summed E-state index contributed by atoms with van der Waals surface area (Å²) in [5.41, 5.74) is 2.88. The number of rotatable bonds is 6. The Morgan fingerprint density at radius 1 is 1.15 bits per heavy atom. The molecule has 3 rings (SSSR count). The molecule has 5 heteroatoms. The topological polar surface area (TPSA) is 75.6 Å². The van der Waals surface area contributed by atoms with Crippen molar-refractivity contribution in [3.8, 4) is 17.4 Å². The van der Waals surface area contributed by atoms with E-state index in [1.54, 1.807) is 30.3 Å². The summed E-state index contributed by atoms with van der Waals surface area (Å²) >= 11 is 0. The van der Waals surface area contributed by atoms with Crippen molar-refractivity contribution in [2.45, 2.75) is 13.5 Å². The highest BCUT2D eigenvalue weighted by Gasteiger charge is 2.05. The van der Waals surface area contributed by atoms with Crippen molar-refractivity contribution in [3.63, 3.8) is 0 Å². The van der Waals surface area contributed by atoms with E-state index < -0.39 is 0 Å². The fraction of sp³-hybridized carbons (Fsp3) is 0.0952. The fourth-order valence-electron chi connectivity index (χ4n) is 2.40. The van der Waals surface area contributed by atoms with Crippen molar-refractivity contribution in [1.29, 1.82) is 5.26 Å². The average Bonchev–Trinajstić information content (AvgIpc) is 3.14. The number of benzene rings is 2. The van der Waals surface area contributed by atoms with Crippen LogP contribution in [0.3, 0.4) is 0 Å². The summed E-state index contributed by atoms with van der Waals surface area (Å²) in [5.74, 6) is 1.25. The van der Waals surface area contributed by atoms with Crippen LogP contribution in [-0.2, 0) is 11.4 Å². The third-order valence-corrected chi connectivity index (χ3v) is 3.82. The number of hydrogen-bond donors (Lipinski definition) is 0. The van der Waals surface area contributed by atoms with Crippen molar-refractivity contribution < 1.29 is 14.0 Å². The molecule has 0 radical (unpaired) electrons. The number of nitriles is 1. The minimum atomic E-state index is 0.0268. The number of Topliss-reactive ketones (excluding diaryl/α,β-unsaturated/α-hetero) is 1. The molecule has 1 aromatic heterocycles. The maximum absolute atomic E-state index is 11.3. The van der Waals surface area contributed by atoms with Gasteiger partial charge in [-0.15, -0.1) is 0 Å². The molecule has 0 aliphatic rings. The molecular formula is C21H16N2O3. The minimum Gasteiger partial charge on any atom is -0.455 e. The lowest BCUT2D eigenvalue weighted by Crippen LogP contribution is -1.91. The van der Waals surface area contributed by atoms with Gasteiger partial charge in [0.25, 0.3) is 0 Å². The third kappa shape index (κ3) is 4.05. The Morgan fingerprint density at radius 3 is 2.65 bits per heavy atom. The van der Waals surface area contributed by atoms with E-state index in [4.69, 9.17) is 14.5 Å². The molecule has 0 N–H and O–H groups in total. The van der Waals surface area contributed by atoms with Crippen LogP contribution >= 0.6 is 0 Å². The highest BCUT2D eigenvalue weighted by molar-refractivity contribution is 5.94. The standard InChI is InChI=1S/C21H16N2O3/c1-15(24)16-6-8-17(9-7-16)21-11-10-20(26-21)13-23-25-14-19-5-3-2-4-18(19)12-22/h2-11,13H,14H2,1H3/b23-13-. The van der Waals surface area contributed by atoms with E-state index in [0.29, 0.717) is 22.6 Å². The second-order valence-corrected chi connectivity index (χ2v) is 5.61. The Hall–Kier alpha value is -3.65. The molecule has 0 bridgehead atoms. The summed E-state index contributed by atoms with van der Waals surface area (Å²) in [6.07, 6.45) is 1.47. The molecule has 1 heterocycles. The molecule has 26 heavy (non-hydrogen) atoms. The van der Waals surface area contributed by atoms with Crippen LogP contribution in [-0.4, -0.2) is 12.0 Å². The molecule has 0 atom stereocenters. The second-order valence-electron chi connectivity index (χ2n) is 5.61. The van der Waals surface area contributed by atoms with Gasteiger partial charge < -0.3 is 9.25 Å². The molecule has 0 unspecified atom stereocenters. The summed E-state index contributed by atoms with van der Waals surface area (Å²) in [6.45, 7) is 1.74. The first-order valence-corrected chi connectivity index (χ1v) is 8.02. The molecule has 128 valence electrons. The van der Waals surface area contributed by atoms with Crippen molar-refractivity contribution in [2.75, 3.05) is 0 Å². The number of carbonyl (C=O) groups excluding carboxylic acids is 1. The highest BCUT2D eigenvalue weighted by atomic mass is 16.6. The zero-order valence-corrected chi connectivity index (χ0v) is 14.2. The predicted octanol–water partition coefficient (Wildman–Crippen LogP) is 4.57. The Kier molecular flexibility index (Phi) is 5.25. The number of carbonyl (C=O) groups is 1. The zero-order chi connectivity index (χ0) is 18.4. The van der Waals surface area contributed by atoms with Crippen molar-refractivity contribution >= 4 is 12.0 Å². The molecule has 0 fully saturated rings. The quantitative estimate of drug-likeness (QED) is 0.373. The van der Waals surface area contributed by atoms with Gasteiger partial charge in [-0.1, -0.05) is 47.6 Å². The average molecular weight is 344 g/mol. The van der Waals surface area contributed by atoms with Gasteiger partial charge in [-0.2, -0.15) is 5.26 Å². The van der Waals surface area contributed by atoms with Gasteiger partial charge in [-0.05, 0) is 25.1 Å². The number of ketones is 1. The molecule has 0 amide bonds. The van der Waals surface area contributed by atoms with Crippen molar-refractivity contribution in [2.24, 2.45) is 5.16 Å². The third-order valence-electron chi connectivity index (χ3n) is 3.82. The fourth-order valence-corrected chi connectivity index (χ4v) is 2.40. The van der Waals surface area contributed by atoms with Gasteiger partial charge in [0.2, 0.25) is 0 Å². The summed E-state index contributed by atoms with van der Waals surface area (Å²) in [6, 6.07) is 20.1. The van der Waals surface area contributed by atoms with Crippen molar-refractivity contribution in [1.82, 2.24) is 0 Å². The van der Waals surface area contributed by atoms with Crippen LogP contribution in [0, 0.1) is 11.3 Å². The van der Waals surface area contributed by atoms with E-state index in [9.17, 15) is 4.79 Å². The molecule has 0 spiro atoms. The van der Waals surface area contributed by atoms with E-state index in [2.05, 4.69) is 11.2 Å². The van der Waals surface area contributed by atoms with Gasteiger partial charge in [-0.25, -0.2) is 0 Å². The smallest absolute Gasteiger partial charge is 0.159 e. The highest BCUT2D eigenvalue weighted by Crippen LogP contribution is 2.22. The van der Waals surface area contributed by atoms with E-state index in [1.165, 1.54) is 13.1 Å². The summed E-state index contributed by atoms with van der Waals surface area (Å²) < 4.78 is 5.70. The Bertz CT molecular complexity index is 979. The Balaban J connectivity index is 1.62. The van der Waals surface area contributed by atoms with E-state index >= 15 is 0 Å². The van der Waals surface area contributed by atoms with E-state index in [-0.39, 0.29) is 12.4 Å². The summed E-state index contributed by atoms with van der Waals surface area (Å²) in [4.78, 5) is 16.6. The molecule has 0 saturated carbocycles. The van der Waals surface area contributed by atoms with Gasteiger partial charge in [0.1, 0.15) is 24.3 Å². The van der Waals surface area contributed by atoms with E-state index in [1.807, 2.05) is 30.3 Å². The predicted molar refractivity (Wildman–Crippen MR) is 97.7 cm³/mol. The lowest BCUT2D eigenvalue weighted by molar-refractivity contribution is 0.101. The first-order chi connectivity index (χ1) is 12.7. The molecule has 0 saturated heterocycles. The monoisotopic (exact) mass is 344 g/mol. The molecule has 3 aromatic rings. The number of hydrogen-bond acceptors (Lipinski definition) is 5. The molecule has 0 aliphatic carbocycles. The second kappa shape index (κ2) is 7.95. The molecule has 0 aliphatic heterocycles. The SMILES string of the molecule is CC(=O)c1ccc(-c2ccc(/C=N\OCc3ccccc3C#N)o2)cc1. The first kappa shape index (κ1) is 17.2. The van der Waals surface area contributed by atoms with E-state index in [0.717, 1.165) is 11.1 Å². The zero-order valence-electron chi connectivity index (χ0n) is 14.2. The van der Waals surface area contributed by atoms with Gasteiger partial charge in [0.05, 0.1) is 11.6 Å². The number of nitrogens with zero attached hydrogens (tertiary/aromatic N) is 2. The van der Waals surface area contributed by atoms with Crippen LogP contribution in [0.4, 0.5) is 0 Å². The summed E-state index contributed by atoms with van der Waals surface area (Å²) in [7, 11) is 0. The van der Waals surface area contributed by atoms with Crippen LogP contribution in [0.5, 0.6) is 0 Å². The maximum atomic E-state index is 11.3. The normalized spacial score (nSPS) is 10.6. The Labute approximate surface area is 151 Å². The lowest BCUT2D eigenvalue weighted by Gasteiger charge is -2.01. The van der Waals surface area contributed by atoms with Crippen LogP contribution in [0.15, 0.2) is 70.2 Å². The van der Waals surface area contributed by atoms with Crippen LogP contribution in [0.25, 0.3) is 11.3 Å². The van der Waals surface area contributed by atoms with Gasteiger partial charge in [-0.3, -0.25) is 4.79 Å². The summed E-state index contributed by atoms with van der Waals surface area (Å²) in [5, 5.41) is 12.9. The van der Waals surface area contributed by atoms with Gasteiger partial charge in [0.15, 0.2) is 5.78 Å². The first-order valence-electron chi connectivity index (χ1n) is 8.02. The molecule has 2 aromatic carbocycles. The van der Waals surface area contributed by atoms with Crippen molar-refractivity contribution in [3.05, 3.63) is 83.1 Å². The maximum Gasteiger partial charge on any atom is 0.159 e. The number of oxime groups is 1. The van der Waals surface area contributed by atoms with Gasteiger partial charge >= 0.3 is 0 Å². The molecular weight excluding hydrogens is 328 g/mol. The van der Waals surface area contributed by atoms with Crippen LogP contribution in [0.2, 0.25) is 0 Å². The van der Waals surface area contributed by atoms with Gasteiger partial charge in [0, 0.05) is 16.7 Å². The largest absolute Gasteiger partial charge is 0.455 e. The van der Waals surface area contributed by atoms with Crippen LogP contribution < -0.4 is 0 Å².